The van der Waals surface area contributed by atoms with Crippen molar-refractivity contribution in [3.63, 3.8) is 0 Å². The Bertz CT molecular complexity index is 625. The Kier molecular flexibility index (Phi) is 6.34. The molecule has 0 saturated carbocycles. The molecule has 3 saturated heterocycles. The Morgan fingerprint density at radius 3 is 2.38 bits per heavy atom. The standard InChI is InChI=1S/C15H21N3O6S.Na/c1-15(2)10(14(23)24)18-11(21)8(13(18)25-15)9(20)12(22)17-5-3-16(7-19)4-6-17;/h7-10,13,20H,3-6H2,1-2H3,(H,23,24);/q;+1/p-1/t8-,9+,10+,13-;/m1./s1. The van der Waals surface area contributed by atoms with Crippen LogP contribution >= 0.6 is 11.8 Å². The number of β-lactam (4-membered cyclic amide) rings is 1. The Morgan fingerprint density at radius 2 is 1.88 bits per heavy atom. The van der Waals surface area contributed by atoms with Crippen molar-refractivity contribution in [2.75, 3.05) is 26.2 Å². The fourth-order valence-electron chi connectivity index (χ4n) is 3.70. The maximum absolute atomic E-state index is 12.5. The summed E-state index contributed by atoms with van der Waals surface area (Å²) in [6, 6.07) is -1.08. The number of hydrogen-bond acceptors (Lipinski definition) is 7. The number of nitrogens with zero attached hydrogens (tertiary/aromatic N) is 3. The molecule has 3 aliphatic rings. The van der Waals surface area contributed by atoms with Gasteiger partial charge >= 0.3 is 29.6 Å². The van der Waals surface area contributed by atoms with E-state index < -0.39 is 46.0 Å². The van der Waals surface area contributed by atoms with E-state index in [9.17, 15) is 29.4 Å². The third kappa shape index (κ3) is 3.37. The van der Waals surface area contributed by atoms with E-state index in [-0.39, 0.29) is 29.6 Å². The van der Waals surface area contributed by atoms with E-state index in [1.807, 2.05) is 0 Å². The molecule has 4 atom stereocenters. The molecule has 9 nitrogen and oxygen atoms in total. The van der Waals surface area contributed by atoms with E-state index in [2.05, 4.69) is 0 Å². The molecule has 0 radical (unpaired) electrons. The van der Waals surface area contributed by atoms with Gasteiger partial charge in [0, 0.05) is 30.9 Å². The number of piperazine rings is 1. The summed E-state index contributed by atoms with van der Waals surface area (Å²) in [7, 11) is 0. The number of carbonyl (C=O) groups is 4. The molecule has 3 rings (SSSR count). The van der Waals surface area contributed by atoms with Gasteiger partial charge in [-0.1, -0.05) is 0 Å². The van der Waals surface area contributed by atoms with Crippen LogP contribution in [0.1, 0.15) is 13.8 Å². The number of fused-ring (bicyclic) bond motifs is 1. The van der Waals surface area contributed by atoms with Crippen LogP contribution in [-0.4, -0.2) is 92.4 Å². The van der Waals surface area contributed by atoms with E-state index in [0.717, 1.165) is 0 Å². The first-order chi connectivity index (χ1) is 11.7. The average molecular weight is 393 g/mol. The SMILES string of the molecule is CC1(C)S[C@@H]2[C@H]([C@H](O)C(=O)N3CCN(C=O)CC3)C(=O)N2[C@H]1C(=O)[O-].[Na+]. The smallest absolute Gasteiger partial charge is 0.548 e. The molecule has 11 heteroatoms. The minimum Gasteiger partial charge on any atom is -0.548 e. The predicted octanol–water partition coefficient (Wildman–Crippen LogP) is -5.92. The maximum Gasteiger partial charge on any atom is 1.00 e. The Hall–Kier alpha value is -0.810. The summed E-state index contributed by atoms with van der Waals surface area (Å²) < 4.78 is -0.758. The zero-order valence-corrected chi connectivity index (χ0v) is 17.8. The Labute approximate surface area is 177 Å². The Balaban J connectivity index is 0.00000243. The number of aliphatic carboxylic acids is 1. The minimum atomic E-state index is -1.51. The van der Waals surface area contributed by atoms with Crippen molar-refractivity contribution in [2.24, 2.45) is 5.92 Å². The molecular formula is C15H20N3NaO6S. The second-order valence-corrected chi connectivity index (χ2v) is 8.79. The number of aliphatic hydroxyl groups is 1. The van der Waals surface area contributed by atoms with Crippen molar-refractivity contribution < 1.29 is 58.9 Å². The zero-order valence-electron chi connectivity index (χ0n) is 15.0. The molecule has 1 N–H and O–H groups in total. The van der Waals surface area contributed by atoms with Crippen molar-refractivity contribution in [2.45, 2.75) is 36.1 Å². The molecule has 3 aliphatic heterocycles. The molecule has 26 heavy (non-hydrogen) atoms. The molecule has 3 heterocycles. The van der Waals surface area contributed by atoms with Crippen LogP contribution < -0.4 is 34.7 Å². The van der Waals surface area contributed by atoms with E-state index >= 15 is 0 Å². The molecule has 0 aromatic heterocycles. The zero-order chi connectivity index (χ0) is 18.5. The van der Waals surface area contributed by atoms with Crippen LogP contribution in [0.2, 0.25) is 0 Å². The topological polar surface area (TPSA) is 121 Å². The maximum atomic E-state index is 12.5. The van der Waals surface area contributed by atoms with Gasteiger partial charge in [0.25, 0.3) is 5.91 Å². The third-order valence-electron chi connectivity index (χ3n) is 5.07. The number of thioether (sulfide) groups is 1. The van der Waals surface area contributed by atoms with Gasteiger partial charge in [-0.25, -0.2) is 0 Å². The van der Waals surface area contributed by atoms with Gasteiger partial charge in [-0.2, -0.15) is 0 Å². The summed E-state index contributed by atoms with van der Waals surface area (Å²) in [5.41, 5.74) is 0. The number of hydrogen-bond donors (Lipinski definition) is 1. The molecule has 3 amide bonds. The van der Waals surface area contributed by atoms with Gasteiger partial charge in [0.15, 0.2) is 0 Å². The van der Waals surface area contributed by atoms with Gasteiger partial charge in [-0.3, -0.25) is 14.4 Å². The van der Waals surface area contributed by atoms with Crippen LogP contribution in [0.15, 0.2) is 0 Å². The molecule has 0 aromatic rings. The summed E-state index contributed by atoms with van der Waals surface area (Å²) in [6.45, 7) is 4.76. The number of rotatable bonds is 4. The number of aliphatic hydroxyl groups excluding tert-OH is 1. The monoisotopic (exact) mass is 393 g/mol. The summed E-state index contributed by atoms with van der Waals surface area (Å²) in [5.74, 6) is -3.38. The first kappa shape index (κ1) is 21.5. The molecule has 0 aliphatic carbocycles. The minimum absolute atomic E-state index is 0. The van der Waals surface area contributed by atoms with Crippen molar-refractivity contribution in [1.82, 2.24) is 14.7 Å². The van der Waals surface area contributed by atoms with Crippen LogP contribution in [0.5, 0.6) is 0 Å². The second-order valence-electron chi connectivity index (χ2n) is 7.02. The van der Waals surface area contributed by atoms with E-state index in [4.69, 9.17) is 0 Å². The molecule has 0 aromatic carbocycles. The molecule has 0 spiro atoms. The van der Waals surface area contributed by atoms with Gasteiger partial charge in [-0.05, 0) is 13.8 Å². The predicted molar refractivity (Wildman–Crippen MR) is 84.8 cm³/mol. The summed E-state index contributed by atoms with van der Waals surface area (Å²) in [6.07, 6.45) is -0.802. The first-order valence-corrected chi connectivity index (χ1v) is 8.94. The van der Waals surface area contributed by atoms with Gasteiger partial charge in [0.2, 0.25) is 12.3 Å². The third-order valence-corrected chi connectivity index (χ3v) is 6.67. The van der Waals surface area contributed by atoms with Gasteiger partial charge in [-0.15, -0.1) is 11.8 Å². The van der Waals surface area contributed by atoms with Crippen molar-refractivity contribution in [3.8, 4) is 0 Å². The van der Waals surface area contributed by atoms with Gasteiger partial charge in [0.05, 0.1) is 17.4 Å². The van der Waals surface area contributed by atoms with E-state index in [1.54, 1.807) is 13.8 Å². The van der Waals surface area contributed by atoms with E-state index in [1.165, 1.54) is 26.5 Å². The molecular weight excluding hydrogens is 373 g/mol. The van der Waals surface area contributed by atoms with Crippen LogP contribution in [-0.2, 0) is 19.2 Å². The van der Waals surface area contributed by atoms with Gasteiger partial charge in [0.1, 0.15) is 12.0 Å². The molecule has 138 valence electrons. The normalized spacial score (nSPS) is 30.8. The average Bonchev–Trinajstić information content (AvgIpc) is 2.82. The summed E-state index contributed by atoms with van der Waals surface area (Å²) in [4.78, 5) is 51.2. The first-order valence-electron chi connectivity index (χ1n) is 8.06. The number of carboxylic acid groups (broad SMARTS) is 1. The van der Waals surface area contributed by atoms with Crippen LogP contribution in [0.3, 0.4) is 0 Å². The van der Waals surface area contributed by atoms with Crippen molar-refractivity contribution in [1.29, 1.82) is 0 Å². The fourth-order valence-corrected chi connectivity index (χ4v) is 5.41. The summed E-state index contributed by atoms with van der Waals surface area (Å²) in [5, 5.41) is 21.3. The van der Waals surface area contributed by atoms with Crippen molar-refractivity contribution >= 4 is 36.0 Å². The molecule has 0 unspecified atom stereocenters. The number of carbonyl (C=O) groups excluding carboxylic acids is 4. The Morgan fingerprint density at radius 1 is 1.31 bits per heavy atom. The van der Waals surface area contributed by atoms with Gasteiger partial charge < -0.3 is 29.7 Å². The second kappa shape index (κ2) is 7.67. The summed E-state index contributed by atoms with van der Waals surface area (Å²) >= 11 is 1.26. The largest absolute Gasteiger partial charge is 1.00 e. The van der Waals surface area contributed by atoms with Crippen LogP contribution in [0.4, 0.5) is 0 Å². The van der Waals surface area contributed by atoms with Crippen LogP contribution in [0.25, 0.3) is 0 Å². The fraction of sp³-hybridized carbons (Fsp3) is 0.733. The molecule has 0 bridgehead atoms. The number of carboxylic acids is 1. The quantitative estimate of drug-likeness (QED) is 0.287. The van der Waals surface area contributed by atoms with Crippen LogP contribution in [0, 0.1) is 5.92 Å². The van der Waals surface area contributed by atoms with Crippen molar-refractivity contribution in [3.05, 3.63) is 0 Å². The number of amides is 3. The van der Waals surface area contributed by atoms with E-state index in [0.29, 0.717) is 32.6 Å². The molecule has 3 fully saturated rings.